The highest BCUT2D eigenvalue weighted by Crippen LogP contribution is 2.15. The van der Waals surface area contributed by atoms with Gasteiger partial charge in [-0.1, -0.05) is 0 Å². The Morgan fingerprint density at radius 1 is 1.50 bits per heavy atom. The Bertz CT molecular complexity index is 80.1. The third kappa shape index (κ3) is 0.313. The van der Waals surface area contributed by atoms with Crippen molar-refractivity contribution < 1.29 is 4.74 Å². The van der Waals surface area contributed by atoms with Gasteiger partial charge in [0.1, 0.15) is 6.61 Å². The van der Waals surface area contributed by atoms with Crippen molar-refractivity contribution in [3.05, 3.63) is 11.3 Å². The topological polar surface area (TPSA) is 9.23 Å². The first-order valence-corrected chi connectivity index (χ1v) is 2.10. The van der Waals surface area contributed by atoms with Gasteiger partial charge in [0.15, 0.2) is 0 Å². The average Bonchev–Trinajstić information content (AvgIpc) is 1.61. The minimum Gasteiger partial charge on any atom is -0.494 e. The molecule has 0 saturated heterocycles. The van der Waals surface area contributed by atoms with Crippen LogP contribution in [0.1, 0.15) is 13.8 Å². The fraction of sp³-hybridized carbons (Fsp3) is 0.600. The van der Waals surface area contributed by atoms with Crippen molar-refractivity contribution in [1.82, 2.24) is 0 Å². The molecule has 0 aromatic rings. The summed E-state index contributed by atoms with van der Waals surface area (Å²) in [6.45, 7) is 4.92. The lowest BCUT2D eigenvalue weighted by Gasteiger charge is -2.17. The van der Waals surface area contributed by atoms with Crippen LogP contribution < -0.4 is 0 Å². The van der Waals surface area contributed by atoms with Crippen LogP contribution in [0.25, 0.3) is 0 Å². The maximum absolute atomic E-state index is 4.92. The van der Waals surface area contributed by atoms with Gasteiger partial charge in [-0.25, -0.2) is 0 Å². The molecule has 1 aliphatic rings. The van der Waals surface area contributed by atoms with E-state index in [9.17, 15) is 0 Å². The Hall–Kier alpha value is -0.460. The molecule has 0 unspecified atom stereocenters. The van der Waals surface area contributed by atoms with E-state index in [0.717, 1.165) is 12.4 Å². The normalized spacial score (nSPS) is 19.7. The van der Waals surface area contributed by atoms with E-state index in [1.54, 1.807) is 0 Å². The molecule has 0 aliphatic carbocycles. The molecule has 34 valence electrons. The fourth-order valence-electron chi connectivity index (χ4n) is 0.361. The number of hydrogen-bond donors (Lipinski definition) is 0. The van der Waals surface area contributed by atoms with Crippen LogP contribution in [0.15, 0.2) is 11.3 Å². The van der Waals surface area contributed by atoms with Crippen LogP contribution in [-0.4, -0.2) is 6.61 Å². The quantitative estimate of drug-likeness (QED) is 0.430. The Kier molecular flexibility index (Phi) is 0.621. The largest absolute Gasteiger partial charge is 0.494 e. The zero-order valence-electron chi connectivity index (χ0n) is 4.12. The van der Waals surface area contributed by atoms with Crippen molar-refractivity contribution in [3.63, 3.8) is 0 Å². The lowest BCUT2D eigenvalue weighted by Crippen LogP contribution is -2.07. The van der Waals surface area contributed by atoms with Crippen LogP contribution in [0.4, 0.5) is 0 Å². The summed E-state index contributed by atoms with van der Waals surface area (Å²) in [4.78, 5) is 0. The van der Waals surface area contributed by atoms with E-state index in [0.29, 0.717) is 0 Å². The Labute approximate surface area is 37.6 Å². The van der Waals surface area contributed by atoms with E-state index in [1.165, 1.54) is 5.57 Å². The van der Waals surface area contributed by atoms with Crippen molar-refractivity contribution in [3.8, 4) is 0 Å². The minimum absolute atomic E-state index is 0.853. The molecular weight excluding hydrogens is 76.1 g/mol. The number of ether oxygens (including phenoxy) is 1. The van der Waals surface area contributed by atoms with Gasteiger partial charge in [0.05, 0.1) is 5.76 Å². The first kappa shape index (κ1) is 3.72. The third-order valence-corrected chi connectivity index (χ3v) is 1.11. The SMILES string of the molecule is CC1=C(C)OC1. The fourth-order valence-corrected chi connectivity index (χ4v) is 0.361. The van der Waals surface area contributed by atoms with Crippen molar-refractivity contribution in [2.45, 2.75) is 13.8 Å². The number of allylic oxidation sites excluding steroid dienone is 1. The van der Waals surface area contributed by atoms with Crippen LogP contribution in [-0.2, 0) is 4.74 Å². The van der Waals surface area contributed by atoms with Gasteiger partial charge in [-0.15, -0.1) is 0 Å². The molecule has 0 aromatic carbocycles. The second-order valence-electron chi connectivity index (χ2n) is 1.63. The predicted molar refractivity (Wildman–Crippen MR) is 24.3 cm³/mol. The molecule has 6 heavy (non-hydrogen) atoms. The predicted octanol–water partition coefficient (Wildman–Crippen LogP) is 1.31. The Balaban J connectivity index is 2.66. The molecule has 1 heteroatoms. The van der Waals surface area contributed by atoms with Crippen LogP contribution in [0.3, 0.4) is 0 Å². The summed E-state index contributed by atoms with van der Waals surface area (Å²) < 4.78 is 4.92. The van der Waals surface area contributed by atoms with Crippen LogP contribution in [0.5, 0.6) is 0 Å². The van der Waals surface area contributed by atoms with Gasteiger partial charge in [-0.05, 0) is 13.8 Å². The summed E-state index contributed by atoms with van der Waals surface area (Å²) in [7, 11) is 0. The molecule has 0 atom stereocenters. The van der Waals surface area contributed by atoms with Crippen LogP contribution >= 0.6 is 0 Å². The highest BCUT2D eigenvalue weighted by molar-refractivity contribution is 5.11. The standard InChI is InChI=1S/C5H8O/c1-4-3-6-5(4)2/h3H2,1-2H3. The van der Waals surface area contributed by atoms with E-state index < -0.39 is 0 Å². The van der Waals surface area contributed by atoms with Gasteiger partial charge < -0.3 is 4.74 Å². The molecule has 0 fully saturated rings. The molecule has 0 radical (unpaired) electrons. The Morgan fingerprint density at radius 3 is 2.00 bits per heavy atom. The summed E-state index contributed by atoms with van der Waals surface area (Å²) >= 11 is 0. The van der Waals surface area contributed by atoms with Crippen LogP contribution in [0, 0.1) is 0 Å². The molecule has 0 spiro atoms. The molecule has 0 saturated carbocycles. The lowest BCUT2D eigenvalue weighted by molar-refractivity contribution is 0.181. The summed E-state index contributed by atoms with van der Waals surface area (Å²) in [6, 6.07) is 0. The highest BCUT2D eigenvalue weighted by Gasteiger charge is 2.06. The molecule has 1 heterocycles. The summed E-state index contributed by atoms with van der Waals surface area (Å²) in [5, 5.41) is 0. The summed E-state index contributed by atoms with van der Waals surface area (Å²) in [5.74, 6) is 1.11. The van der Waals surface area contributed by atoms with E-state index in [4.69, 9.17) is 4.74 Å². The van der Waals surface area contributed by atoms with Gasteiger partial charge >= 0.3 is 0 Å². The molecule has 0 bridgehead atoms. The molecule has 0 amide bonds. The van der Waals surface area contributed by atoms with Gasteiger partial charge in [-0.2, -0.15) is 0 Å². The maximum Gasteiger partial charge on any atom is 0.112 e. The molecule has 1 rings (SSSR count). The monoisotopic (exact) mass is 84.1 g/mol. The van der Waals surface area contributed by atoms with Gasteiger partial charge in [0, 0.05) is 5.57 Å². The molecule has 1 aliphatic heterocycles. The second kappa shape index (κ2) is 1.00. The second-order valence-corrected chi connectivity index (χ2v) is 1.63. The zero-order valence-corrected chi connectivity index (χ0v) is 4.12. The van der Waals surface area contributed by atoms with Gasteiger partial charge in [0.2, 0.25) is 0 Å². The average molecular weight is 84.1 g/mol. The number of rotatable bonds is 0. The molecular formula is C5H8O. The summed E-state index contributed by atoms with van der Waals surface area (Å²) in [5.41, 5.74) is 1.38. The smallest absolute Gasteiger partial charge is 0.112 e. The minimum atomic E-state index is 0.853. The van der Waals surface area contributed by atoms with Crippen molar-refractivity contribution in [2.75, 3.05) is 6.61 Å². The van der Waals surface area contributed by atoms with Gasteiger partial charge in [-0.3, -0.25) is 0 Å². The molecule has 0 N–H and O–H groups in total. The van der Waals surface area contributed by atoms with E-state index in [2.05, 4.69) is 6.92 Å². The van der Waals surface area contributed by atoms with E-state index in [-0.39, 0.29) is 0 Å². The first-order valence-electron chi connectivity index (χ1n) is 2.10. The lowest BCUT2D eigenvalue weighted by atomic mass is 10.2. The molecule has 0 aromatic heterocycles. The van der Waals surface area contributed by atoms with Crippen molar-refractivity contribution >= 4 is 0 Å². The van der Waals surface area contributed by atoms with Crippen molar-refractivity contribution in [2.24, 2.45) is 0 Å². The summed E-state index contributed by atoms with van der Waals surface area (Å²) in [6.07, 6.45) is 0. The van der Waals surface area contributed by atoms with Crippen LogP contribution in [0.2, 0.25) is 0 Å². The van der Waals surface area contributed by atoms with E-state index >= 15 is 0 Å². The zero-order chi connectivity index (χ0) is 4.57. The van der Waals surface area contributed by atoms with E-state index in [1.807, 2.05) is 6.92 Å². The van der Waals surface area contributed by atoms with Gasteiger partial charge in [0.25, 0.3) is 0 Å². The maximum atomic E-state index is 4.92. The van der Waals surface area contributed by atoms with Crippen molar-refractivity contribution in [1.29, 1.82) is 0 Å². The molecule has 1 nitrogen and oxygen atoms in total. The highest BCUT2D eigenvalue weighted by atomic mass is 16.5. The Morgan fingerprint density at radius 2 is 2.00 bits per heavy atom. The third-order valence-electron chi connectivity index (χ3n) is 1.11. The number of hydrogen-bond acceptors (Lipinski definition) is 1. The first-order chi connectivity index (χ1) is 2.80.